The number of hydrogen-bond donors (Lipinski definition) is 1. The van der Waals surface area contributed by atoms with Crippen LogP contribution in [-0.2, 0) is 13.9 Å². The van der Waals surface area contributed by atoms with Crippen molar-refractivity contribution in [3.05, 3.63) is 0 Å². The molecule has 0 bridgehead atoms. The number of carbonyl (C=O) groups is 1. The van der Waals surface area contributed by atoms with Crippen LogP contribution in [-0.4, -0.2) is 30.5 Å². The van der Waals surface area contributed by atoms with Crippen molar-refractivity contribution in [3.8, 4) is 0 Å². The average molecular weight is 405 g/mol. The molecule has 1 atom stereocenters. The van der Waals surface area contributed by atoms with Gasteiger partial charge in [-0.2, -0.15) is 0 Å². The second-order valence-corrected chi connectivity index (χ2v) is 10.9. The van der Waals surface area contributed by atoms with Crippen molar-refractivity contribution in [2.75, 3.05) is 19.4 Å². The predicted octanol–water partition coefficient (Wildman–Crippen LogP) is 7.65. The number of hydrogen-bond acceptors (Lipinski definition) is 3. The van der Waals surface area contributed by atoms with Gasteiger partial charge >= 0.3 is 5.97 Å². The Morgan fingerprint density at radius 1 is 0.704 bits per heavy atom. The molecule has 0 radical (unpaired) electrons. The molecule has 0 aliphatic heterocycles. The average Bonchev–Trinajstić information content (AvgIpc) is 2.66. The van der Waals surface area contributed by atoms with E-state index in [4.69, 9.17) is 9.63 Å². The highest BCUT2D eigenvalue weighted by atomic mass is 31.2. The summed E-state index contributed by atoms with van der Waals surface area (Å²) in [5.74, 6) is -0.666. The lowest BCUT2D eigenvalue weighted by Crippen LogP contribution is -1.95. The normalized spacial score (nSPS) is 13.6. The molecule has 0 heterocycles. The summed E-state index contributed by atoms with van der Waals surface area (Å²) in [5.41, 5.74) is 0. The van der Waals surface area contributed by atoms with E-state index >= 15 is 0 Å². The molecule has 1 N–H and O–H groups in total. The van der Waals surface area contributed by atoms with Crippen LogP contribution in [0.15, 0.2) is 0 Å². The van der Waals surface area contributed by atoms with Gasteiger partial charge in [0.2, 0.25) is 7.37 Å². The van der Waals surface area contributed by atoms with Gasteiger partial charge in [0.15, 0.2) is 0 Å². The van der Waals surface area contributed by atoms with E-state index in [0.29, 0.717) is 12.6 Å². The third-order valence-electron chi connectivity index (χ3n) is 5.45. The molecule has 0 aromatic rings. The summed E-state index contributed by atoms with van der Waals surface area (Å²) in [6, 6.07) is 0. The Morgan fingerprint density at radius 2 is 1.04 bits per heavy atom. The zero-order chi connectivity index (χ0) is 20.2. The summed E-state index contributed by atoms with van der Waals surface area (Å²) in [6.07, 6.45) is 21.7. The van der Waals surface area contributed by atoms with Gasteiger partial charge in [0.25, 0.3) is 0 Å². The molecule has 0 aromatic heterocycles. The minimum absolute atomic E-state index is 0.328. The number of unbranched alkanes of at least 4 members (excludes halogenated alkanes) is 15. The predicted molar refractivity (Wildman–Crippen MR) is 116 cm³/mol. The van der Waals surface area contributed by atoms with Gasteiger partial charge in [-0.15, -0.1) is 0 Å². The maximum Gasteiger partial charge on any atom is 0.303 e. The van der Waals surface area contributed by atoms with Crippen LogP contribution in [0.1, 0.15) is 116 Å². The van der Waals surface area contributed by atoms with Crippen molar-refractivity contribution in [3.63, 3.8) is 0 Å². The number of carboxylic acid groups (broad SMARTS) is 1. The minimum Gasteiger partial charge on any atom is -0.481 e. The van der Waals surface area contributed by atoms with E-state index in [1.165, 1.54) is 83.5 Å². The lowest BCUT2D eigenvalue weighted by atomic mass is 10.0. The van der Waals surface area contributed by atoms with Crippen LogP contribution in [0.25, 0.3) is 0 Å². The Kier molecular flexibility index (Phi) is 18.8. The maximum absolute atomic E-state index is 12.1. The maximum atomic E-state index is 12.1. The smallest absolute Gasteiger partial charge is 0.303 e. The molecule has 27 heavy (non-hydrogen) atoms. The van der Waals surface area contributed by atoms with Crippen molar-refractivity contribution >= 4 is 13.3 Å². The van der Waals surface area contributed by atoms with Crippen molar-refractivity contribution in [1.29, 1.82) is 0 Å². The topological polar surface area (TPSA) is 63.6 Å². The Bertz CT molecular complexity index is 377. The van der Waals surface area contributed by atoms with Gasteiger partial charge in [0, 0.05) is 25.9 Å². The summed E-state index contributed by atoms with van der Waals surface area (Å²) >= 11 is 0. The van der Waals surface area contributed by atoms with Gasteiger partial charge in [-0.25, -0.2) is 0 Å². The highest BCUT2D eigenvalue weighted by Crippen LogP contribution is 2.46. The third kappa shape index (κ3) is 18.8. The van der Waals surface area contributed by atoms with Crippen LogP contribution in [0.5, 0.6) is 0 Å². The number of carboxylic acids is 1. The van der Waals surface area contributed by atoms with Gasteiger partial charge in [0.1, 0.15) is 0 Å². The fraction of sp³-hybridized carbons (Fsp3) is 0.955. The molecule has 1 unspecified atom stereocenters. The summed E-state index contributed by atoms with van der Waals surface area (Å²) in [7, 11) is -0.717. The SMILES string of the molecule is CCP(=O)(CCCCCCCCCCCCCCCCCCC(=O)O)OC. The molecule has 0 aromatic carbocycles. The second-order valence-electron chi connectivity index (χ2n) is 7.84. The Labute approximate surface area is 168 Å². The van der Waals surface area contributed by atoms with Gasteiger partial charge in [-0.05, 0) is 12.8 Å². The lowest BCUT2D eigenvalue weighted by Gasteiger charge is -2.13. The van der Waals surface area contributed by atoms with E-state index in [0.717, 1.165) is 25.4 Å². The first-order valence-electron chi connectivity index (χ1n) is 11.4. The van der Waals surface area contributed by atoms with Crippen LogP contribution >= 0.6 is 7.37 Å². The van der Waals surface area contributed by atoms with Gasteiger partial charge < -0.3 is 9.63 Å². The standard InChI is InChI=1S/C22H45O4P/c1-3-27(25,26-2)21-19-17-15-13-11-9-7-5-4-6-8-10-12-14-16-18-20-22(23)24/h3-21H2,1-2H3,(H,23,24). The van der Waals surface area contributed by atoms with Gasteiger partial charge in [-0.3, -0.25) is 9.36 Å². The monoisotopic (exact) mass is 404 g/mol. The molecule has 0 saturated heterocycles. The molecule has 4 nitrogen and oxygen atoms in total. The zero-order valence-corrected chi connectivity index (χ0v) is 18.9. The summed E-state index contributed by atoms with van der Waals surface area (Å²) in [6.45, 7) is 1.95. The first kappa shape index (κ1) is 26.7. The van der Waals surface area contributed by atoms with Crippen molar-refractivity contribution < 1.29 is 19.0 Å². The largest absolute Gasteiger partial charge is 0.481 e. The second kappa shape index (κ2) is 19.0. The molecule has 162 valence electrons. The van der Waals surface area contributed by atoms with Crippen LogP contribution in [0, 0.1) is 0 Å². The highest BCUT2D eigenvalue weighted by Gasteiger charge is 2.17. The van der Waals surface area contributed by atoms with E-state index in [9.17, 15) is 9.36 Å². The van der Waals surface area contributed by atoms with E-state index in [1.54, 1.807) is 7.11 Å². The lowest BCUT2D eigenvalue weighted by molar-refractivity contribution is -0.137. The van der Waals surface area contributed by atoms with E-state index in [-0.39, 0.29) is 0 Å². The number of rotatable bonds is 21. The molecule has 0 saturated carbocycles. The summed E-state index contributed by atoms with van der Waals surface area (Å²) in [5, 5.41) is 8.57. The molecule has 5 heteroatoms. The quantitative estimate of drug-likeness (QED) is 0.158. The van der Waals surface area contributed by atoms with E-state index in [2.05, 4.69) is 0 Å². The van der Waals surface area contributed by atoms with Crippen LogP contribution in [0.4, 0.5) is 0 Å². The van der Waals surface area contributed by atoms with Gasteiger partial charge in [0.05, 0.1) is 0 Å². The van der Waals surface area contributed by atoms with Crippen LogP contribution in [0.3, 0.4) is 0 Å². The fourth-order valence-corrected chi connectivity index (χ4v) is 4.94. The molecular formula is C22H45O4P. The van der Waals surface area contributed by atoms with Crippen molar-refractivity contribution in [2.45, 2.75) is 116 Å². The van der Waals surface area contributed by atoms with Crippen LogP contribution in [0.2, 0.25) is 0 Å². The number of aliphatic carboxylic acids is 1. The third-order valence-corrected chi connectivity index (χ3v) is 8.08. The molecule has 0 amide bonds. The van der Waals surface area contributed by atoms with E-state index in [1.807, 2.05) is 6.92 Å². The van der Waals surface area contributed by atoms with Crippen molar-refractivity contribution in [1.82, 2.24) is 0 Å². The molecule has 0 spiro atoms. The first-order valence-corrected chi connectivity index (χ1v) is 13.4. The minimum atomic E-state index is -2.30. The van der Waals surface area contributed by atoms with E-state index < -0.39 is 13.3 Å². The highest BCUT2D eigenvalue weighted by molar-refractivity contribution is 7.58. The summed E-state index contributed by atoms with van der Waals surface area (Å²) < 4.78 is 17.3. The Morgan fingerprint density at radius 3 is 1.33 bits per heavy atom. The molecule has 0 aliphatic carbocycles. The molecule has 0 fully saturated rings. The molecule has 0 aliphatic rings. The first-order chi connectivity index (χ1) is 13.0. The summed E-state index contributed by atoms with van der Waals surface area (Å²) in [4.78, 5) is 10.4. The zero-order valence-electron chi connectivity index (χ0n) is 18.1. The Balaban J connectivity index is 3.15. The fourth-order valence-electron chi connectivity index (χ4n) is 3.48. The molecular weight excluding hydrogens is 359 g/mol. The molecule has 0 rings (SSSR count). The van der Waals surface area contributed by atoms with Crippen molar-refractivity contribution in [2.24, 2.45) is 0 Å². The Hall–Kier alpha value is -0.340. The van der Waals surface area contributed by atoms with Crippen LogP contribution < -0.4 is 0 Å². The van der Waals surface area contributed by atoms with Gasteiger partial charge in [-0.1, -0.05) is 96.8 Å².